The molecule has 0 aliphatic heterocycles. The average Bonchev–Trinajstić information content (AvgIpc) is 2.22. The molecular weight excluding hydrogens is 336 g/mol. The van der Waals surface area contributed by atoms with E-state index in [1.165, 1.54) is 20.8 Å². The zero-order valence-electron chi connectivity index (χ0n) is 11.7. The van der Waals surface area contributed by atoms with Crippen LogP contribution in [0, 0.1) is 0 Å². The topological polar surface area (TPSA) is 46.2 Å². The van der Waals surface area contributed by atoms with Crippen molar-refractivity contribution in [3.63, 3.8) is 0 Å². The molecular formula is C12H13F6NO2S. The van der Waals surface area contributed by atoms with Crippen molar-refractivity contribution in [1.29, 1.82) is 0 Å². The van der Waals surface area contributed by atoms with Crippen molar-refractivity contribution in [2.24, 2.45) is 0 Å². The molecule has 0 fully saturated rings. The van der Waals surface area contributed by atoms with E-state index in [0.29, 0.717) is 0 Å². The molecule has 1 aromatic rings. The van der Waals surface area contributed by atoms with Crippen LogP contribution in [0.3, 0.4) is 0 Å². The van der Waals surface area contributed by atoms with E-state index in [1.54, 1.807) is 0 Å². The van der Waals surface area contributed by atoms with Crippen LogP contribution in [0.1, 0.15) is 31.9 Å². The third-order valence-electron chi connectivity index (χ3n) is 2.31. The molecule has 0 saturated heterocycles. The van der Waals surface area contributed by atoms with Gasteiger partial charge in [0, 0.05) is 5.54 Å². The van der Waals surface area contributed by atoms with Crippen molar-refractivity contribution >= 4 is 10.0 Å². The Morgan fingerprint density at radius 3 is 1.45 bits per heavy atom. The second kappa shape index (κ2) is 5.41. The molecule has 0 amide bonds. The summed E-state index contributed by atoms with van der Waals surface area (Å²) in [5.74, 6) is 0. The van der Waals surface area contributed by atoms with E-state index >= 15 is 0 Å². The van der Waals surface area contributed by atoms with Crippen LogP contribution in [0.25, 0.3) is 0 Å². The molecule has 0 aromatic heterocycles. The lowest BCUT2D eigenvalue weighted by Gasteiger charge is -2.21. The van der Waals surface area contributed by atoms with Gasteiger partial charge in [-0.25, -0.2) is 13.1 Å². The summed E-state index contributed by atoms with van der Waals surface area (Å²) >= 11 is 0. The molecule has 10 heteroatoms. The Labute approximate surface area is 123 Å². The minimum Gasteiger partial charge on any atom is -0.207 e. The molecule has 1 aromatic carbocycles. The zero-order chi connectivity index (χ0) is 17.6. The Balaban J connectivity index is 3.55. The van der Waals surface area contributed by atoms with E-state index in [9.17, 15) is 34.8 Å². The highest BCUT2D eigenvalue weighted by Gasteiger charge is 2.38. The fourth-order valence-electron chi connectivity index (χ4n) is 1.54. The molecule has 0 radical (unpaired) electrons. The van der Waals surface area contributed by atoms with Crippen LogP contribution in [0.4, 0.5) is 26.3 Å². The van der Waals surface area contributed by atoms with Gasteiger partial charge in [0.25, 0.3) is 0 Å². The summed E-state index contributed by atoms with van der Waals surface area (Å²) in [5, 5.41) is 0. The number of hydrogen-bond donors (Lipinski definition) is 1. The molecule has 3 nitrogen and oxygen atoms in total. The summed E-state index contributed by atoms with van der Waals surface area (Å²) in [6.07, 6.45) is -10.2. The molecule has 0 unspecified atom stereocenters. The Hall–Kier alpha value is -1.29. The molecule has 0 spiro atoms. The van der Waals surface area contributed by atoms with Gasteiger partial charge in [0.1, 0.15) is 0 Å². The molecule has 22 heavy (non-hydrogen) atoms. The van der Waals surface area contributed by atoms with Gasteiger partial charge in [-0.3, -0.25) is 0 Å². The summed E-state index contributed by atoms with van der Waals surface area (Å²) < 4.78 is 102. The zero-order valence-corrected chi connectivity index (χ0v) is 12.5. The SMILES string of the molecule is CC(C)(C)NS(=O)(=O)c1cc(C(F)(F)F)cc(C(F)(F)F)c1. The third-order valence-corrected chi connectivity index (χ3v) is 4.05. The first-order valence-electron chi connectivity index (χ1n) is 5.86. The first kappa shape index (κ1) is 18.8. The largest absolute Gasteiger partial charge is 0.416 e. The molecule has 0 aliphatic rings. The number of rotatable bonds is 2. The predicted molar refractivity (Wildman–Crippen MR) is 66.5 cm³/mol. The lowest BCUT2D eigenvalue weighted by molar-refractivity contribution is -0.143. The van der Waals surface area contributed by atoms with Gasteiger partial charge >= 0.3 is 12.4 Å². The van der Waals surface area contributed by atoms with E-state index in [1.807, 2.05) is 4.72 Å². The molecule has 1 N–H and O–H groups in total. The fraction of sp³-hybridized carbons (Fsp3) is 0.500. The summed E-state index contributed by atoms with van der Waals surface area (Å²) in [5.41, 5.74) is -4.43. The first-order chi connectivity index (χ1) is 9.52. The quantitative estimate of drug-likeness (QED) is 0.826. The average molecular weight is 349 g/mol. The smallest absolute Gasteiger partial charge is 0.207 e. The second-order valence-electron chi connectivity index (χ2n) is 5.60. The number of sulfonamides is 1. The fourth-order valence-corrected chi connectivity index (χ4v) is 3.03. The number of hydrogen-bond acceptors (Lipinski definition) is 2. The maximum absolute atomic E-state index is 12.7. The van der Waals surface area contributed by atoms with E-state index < -0.39 is 43.9 Å². The van der Waals surface area contributed by atoms with E-state index in [4.69, 9.17) is 0 Å². The summed E-state index contributed by atoms with van der Waals surface area (Å²) in [6, 6.07) is 0.211. The highest BCUT2D eigenvalue weighted by molar-refractivity contribution is 7.89. The molecule has 0 aliphatic carbocycles. The van der Waals surface area contributed by atoms with Gasteiger partial charge < -0.3 is 0 Å². The highest BCUT2D eigenvalue weighted by atomic mass is 32.2. The second-order valence-corrected chi connectivity index (χ2v) is 7.28. The Bertz CT molecular complexity index is 623. The van der Waals surface area contributed by atoms with Crippen LogP contribution in [-0.2, 0) is 22.4 Å². The van der Waals surface area contributed by atoms with Gasteiger partial charge in [0.2, 0.25) is 10.0 Å². The Kier molecular flexibility index (Phi) is 4.61. The van der Waals surface area contributed by atoms with E-state index in [-0.39, 0.29) is 18.2 Å². The highest BCUT2D eigenvalue weighted by Crippen LogP contribution is 2.37. The first-order valence-corrected chi connectivity index (χ1v) is 7.34. The van der Waals surface area contributed by atoms with Crippen LogP contribution >= 0.6 is 0 Å². The number of benzene rings is 1. The monoisotopic (exact) mass is 349 g/mol. The maximum Gasteiger partial charge on any atom is 0.416 e. The number of halogens is 6. The molecule has 0 bridgehead atoms. The van der Waals surface area contributed by atoms with Crippen molar-refractivity contribution in [2.45, 2.75) is 43.6 Å². The lowest BCUT2D eigenvalue weighted by atomic mass is 10.1. The molecule has 1 rings (SSSR count). The van der Waals surface area contributed by atoms with Crippen molar-refractivity contribution < 1.29 is 34.8 Å². The van der Waals surface area contributed by atoms with Crippen LogP contribution in [0.5, 0.6) is 0 Å². The van der Waals surface area contributed by atoms with Gasteiger partial charge in [0.15, 0.2) is 0 Å². The van der Waals surface area contributed by atoms with Crippen molar-refractivity contribution in [3.8, 4) is 0 Å². The third kappa shape index (κ3) is 4.87. The molecule has 0 atom stereocenters. The minimum absolute atomic E-state index is 0.129. The minimum atomic E-state index is -5.10. The maximum atomic E-state index is 12.7. The lowest BCUT2D eigenvalue weighted by Crippen LogP contribution is -2.40. The normalized spacial score (nSPS) is 14.2. The van der Waals surface area contributed by atoms with Crippen molar-refractivity contribution in [3.05, 3.63) is 29.3 Å². The van der Waals surface area contributed by atoms with Crippen LogP contribution < -0.4 is 4.72 Å². The Morgan fingerprint density at radius 1 is 0.818 bits per heavy atom. The van der Waals surface area contributed by atoms with Gasteiger partial charge in [-0.15, -0.1) is 0 Å². The summed E-state index contributed by atoms with van der Waals surface area (Å²) in [4.78, 5) is -1.09. The molecule has 0 heterocycles. The standard InChI is InChI=1S/C12H13F6NO2S/c1-10(2,3)19-22(20,21)9-5-7(11(13,14)15)4-8(6-9)12(16,17)18/h4-6,19H,1-3H3. The number of alkyl halides is 6. The number of nitrogens with one attached hydrogen (secondary N) is 1. The van der Waals surface area contributed by atoms with Crippen LogP contribution in [0.2, 0.25) is 0 Å². The van der Waals surface area contributed by atoms with Gasteiger partial charge in [-0.1, -0.05) is 0 Å². The van der Waals surface area contributed by atoms with Crippen LogP contribution in [0.15, 0.2) is 23.1 Å². The van der Waals surface area contributed by atoms with Crippen molar-refractivity contribution in [1.82, 2.24) is 4.72 Å². The van der Waals surface area contributed by atoms with Gasteiger partial charge in [-0.2, -0.15) is 26.3 Å². The van der Waals surface area contributed by atoms with E-state index in [0.717, 1.165) is 0 Å². The van der Waals surface area contributed by atoms with E-state index in [2.05, 4.69) is 0 Å². The summed E-state index contributed by atoms with van der Waals surface area (Å²) in [7, 11) is -4.53. The van der Waals surface area contributed by atoms with Crippen molar-refractivity contribution in [2.75, 3.05) is 0 Å². The van der Waals surface area contributed by atoms with Gasteiger partial charge in [0.05, 0.1) is 16.0 Å². The molecule has 126 valence electrons. The van der Waals surface area contributed by atoms with Gasteiger partial charge in [-0.05, 0) is 39.0 Å². The molecule has 0 saturated carbocycles. The Morgan fingerprint density at radius 2 is 1.18 bits per heavy atom. The van der Waals surface area contributed by atoms with Crippen LogP contribution in [-0.4, -0.2) is 14.0 Å². The predicted octanol–water partition coefficient (Wildman–Crippen LogP) is 3.80. The summed E-state index contributed by atoms with van der Waals surface area (Å²) in [6.45, 7) is 4.22.